The van der Waals surface area contributed by atoms with Gasteiger partial charge in [0.15, 0.2) is 11.6 Å². The quantitative estimate of drug-likeness (QED) is 0.0172. The van der Waals surface area contributed by atoms with Gasteiger partial charge in [-0.05, 0) is 62.4 Å². The van der Waals surface area contributed by atoms with Gasteiger partial charge in [-0.25, -0.2) is 18.8 Å². The Bertz CT molecular complexity index is 3520. The molecule has 134 heavy (non-hydrogen) atoms. The van der Waals surface area contributed by atoms with Crippen LogP contribution in [0.15, 0.2) is 53.2 Å². The Labute approximate surface area is 785 Å². The van der Waals surface area contributed by atoms with E-state index in [0.717, 1.165) is 24.2 Å². The molecule has 5 rings (SSSR count). The molecule has 42 heteroatoms. The monoisotopic (exact) mass is 1920 g/mol. The summed E-state index contributed by atoms with van der Waals surface area (Å²) in [6.45, 7) is 27.5. The van der Waals surface area contributed by atoms with Gasteiger partial charge in [0, 0.05) is 80.7 Å². The fourth-order valence-corrected chi connectivity index (χ4v) is 12.2. The van der Waals surface area contributed by atoms with Crippen LogP contribution < -0.4 is 26.0 Å². The molecule has 2 aromatic carbocycles. The van der Waals surface area contributed by atoms with E-state index in [4.69, 9.17) is 124 Å². The first-order valence-corrected chi connectivity index (χ1v) is 46.5. The third kappa shape index (κ3) is 59.9. The SMILES string of the molecule is CCCN(CCC)C(=O)C1=Cc2ccc(C(=O)Nc3ccc(N4CCC(C(=O)NCCCC(=O)CCOCCOCCOCCOCCOCCOCCOCCOCCOCCOCCOCCOCCOCCOCCOCCOCCOCCOCCOCCOCCOCCOCCOCCOCCOCCC(=O)Oc5c(F)c(F)cc(F)c5F)CC4)nc3)cc2N=C(N)C1. The highest BCUT2D eigenvalue weighted by Crippen LogP contribution is 2.31. The summed E-state index contributed by atoms with van der Waals surface area (Å²) in [5, 5.41) is 5.92. The first kappa shape index (κ1) is 117. The van der Waals surface area contributed by atoms with Gasteiger partial charge in [-0.2, -0.15) is 8.78 Å². The normalized spacial score (nSPS) is 12.9. The number of nitrogens with zero attached hydrogens (tertiary/aromatic N) is 4. The van der Waals surface area contributed by atoms with E-state index in [1.165, 1.54) is 0 Å². The van der Waals surface area contributed by atoms with Crippen molar-refractivity contribution in [1.82, 2.24) is 15.2 Å². The summed E-state index contributed by atoms with van der Waals surface area (Å²) >= 11 is 0. The average molecular weight is 1920 g/mol. The van der Waals surface area contributed by atoms with E-state index < -0.39 is 41.4 Å². The Hall–Kier alpha value is -7.13. The number of nitrogens with two attached hydrogens (primary N) is 1. The number of pyridine rings is 1. The largest absolute Gasteiger partial charge is 0.420 e. The number of nitrogens with one attached hydrogen (secondary N) is 2. The predicted molar refractivity (Wildman–Crippen MR) is 483 cm³/mol. The summed E-state index contributed by atoms with van der Waals surface area (Å²) in [6.07, 6.45) is 7.52. The standard InChI is InChI=1S/C92H147F4N7O31/c1-3-16-103(17-4-2)92(108)78-70-76-7-8-77(71-83(76)101-84(97)72-78)91(107)100-79-9-10-85(99-74-79)102-18-11-75(12-19-102)90(106)98-15-5-6-80(104)13-20-109-22-24-111-26-28-113-30-32-115-34-36-117-38-40-119-42-44-121-46-48-123-50-52-125-54-56-127-58-60-129-62-64-131-66-68-133-69-67-132-65-63-130-61-59-128-57-55-126-53-51-124-49-47-122-45-43-120-41-39-118-37-35-116-33-31-114-29-27-112-25-23-110-21-14-86(105)134-89-87(95)81(93)73-82(94)88(89)96/h7-10,70-71,73-75H,3-6,11-69,72H2,1-2H3,(H2,97,101)(H,98,106)(H,100,107). The molecule has 1 saturated heterocycles. The van der Waals surface area contributed by atoms with Crippen LogP contribution in [0.3, 0.4) is 0 Å². The van der Waals surface area contributed by atoms with E-state index in [0.29, 0.717) is 397 Å². The van der Waals surface area contributed by atoms with Crippen LogP contribution >= 0.6 is 0 Å². The number of carbonyl (C=O) groups is 5. The van der Waals surface area contributed by atoms with E-state index >= 15 is 0 Å². The minimum Gasteiger partial charge on any atom is -0.420 e. The number of rotatable bonds is 92. The number of aliphatic imine (C=N–C) groups is 1. The molecule has 0 unspecified atom stereocenters. The lowest BCUT2D eigenvalue weighted by molar-refractivity contribution is -0.136. The third-order valence-corrected chi connectivity index (χ3v) is 19.1. The molecule has 38 nitrogen and oxygen atoms in total. The predicted octanol–water partition coefficient (Wildman–Crippen LogP) is 6.80. The first-order chi connectivity index (χ1) is 65.8. The Morgan fingerprint density at radius 3 is 1.07 bits per heavy atom. The van der Waals surface area contributed by atoms with E-state index in [1.54, 1.807) is 30.5 Å². The van der Waals surface area contributed by atoms with Crippen molar-refractivity contribution in [3.8, 4) is 5.75 Å². The molecule has 2 aliphatic rings. The van der Waals surface area contributed by atoms with Crippen LogP contribution in [0.2, 0.25) is 0 Å². The number of carbonyl (C=O) groups excluding carboxylic acids is 5. The molecule has 3 amide bonds. The lowest BCUT2D eigenvalue weighted by Gasteiger charge is -2.32. The van der Waals surface area contributed by atoms with E-state index in [1.807, 2.05) is 30.9 Å². The van der Waals surface area contributed by atoms with Crippen LogP contribution in [0.25, 0.3) is 6.08 Å². The van der Waals surface area contributed by atoms with Crippen molar-refractivity contribution in [2.75, 3.05) is 373 Å². The molecule has 0 saturated carbocycles. The number of esters is 1. The number of fused-ring (bicyclic) bond motifs is 1. The van der Waals surface area contributed by atoms with E-state index in [-0.39, 0.29) is 68.3 Å². The lowest BCUT2D eigenvalue weighted by atomic mass is 9.96. The van der Waals surface area contributed by atoms with Gasteiger partial charge in [0.2, 0.25) is 29.2 Å². The molecular formula is C92H147F4N7O31. The van der Waals surface area contributed by atoms with E-state index in [2.05, 4.69) is 30.2 Å². The maximum absolute atomic E-state index is 13.6. The Kier molecular flexibility index (Phi) is 71.7. The molecule has 1 fully saturated rings. The molecule has 3 aromatic rings. The number of ketones is 1. The second kappa shape index (κ2) is 81.8. The highest BCUT2D eigenvalue weighted by Gasteiger charge is 2.28. The Morgan fingerprint density at radius 2 is 0.746 bits per heavy atom. The number of benzene rings is 2. The summed E-state index contributed by atoms with van der Waals surface area (Å²) in [6, 6.07) is 8.84. The zero-order valence-electron chi connectivity index (χ0n) is 78.5. The number of halogens is 4. The van der Waals surface area contributed by atoms with Crippen molar-refractivity contribution < 1.29 is 165 Å². The smallest absolute Gasteiger partial charge is 0.313 e. The van der Waals surface area contributed by atoms with Crippen molar-refractivity contribution in [1.29, 1.82) is 0 Å². The second-order valence-electron chi connectivity index (χ2n) is 29.6. The zero-order valence-corrected chi connectivity index (χ0v) is 78.5. The zero-order chi connectivity index (χ0) is 95.7. The van der Waals surface area contributed by atoms with E-state index in [9.17, 15) is 41.5 Å². The van der Waals surface area contributed by atoms with Gasteiger partial charge in [0.1, 0.15) is 17.4 Å². The lowest BCUT2D eigenvalue weighted by Crippen LogP contribution is -2.41. The van der Waals surface area contributed by atoms with Crippen LogP contribution in [-0.2, 0) is 138 Å². The van der Waals surface area contributed by atoms with Crippen LogP contribution in [-0.4, -0.2) is 408 Å². The number of Topliss-reactive ketones (excluding diaryl/α,β-unsaturated/α-hetero) is 1. The van der Waals surface area contributed by atoms with Gasteiger partial charge in [-0.1, -0.05) is 19.9 Å². The molecule has 764 valence electrons. The number of hydrogen-bond donors (Lipinski definition) is 3. The van der Waals surface area contributed by atoms with Crippen molar-refractivity contribution in [2.24, 2.45) is 16.6 Å². The summed E-state index contributed by atoms with van der Waals surface area (Å²) in [4.78, 5) is 77.0. The maximum Gasteiger partial charge on any atom is 0.313 e. The van der Waals surface area contributed by atoms with Crippen LogP contribution in [0.4, 0.5) is 34.8 Å². The van der Waals surface area contributed by atoms with Crippen LogP contribution in [0.1, 0.15) is 87.6 Å². The highest BCUT2D eigenvalue weighted by atomic mass is 19.2. The van der Waals surface area contributed by atoms with Crippen molar-refractivity contribution in [3.05, 3.63) is 82.6 Å². The number of amides is 3. The average Bonchev–Trinajstić information content (AvgIpc) is 1.37. The van der Waals surface area contributed by atoms with Crippen molar-refractivity contribution in [2.45, 2.75) is 71.6 Å². The number of amidine groups is 1. The Morgan fingerprint density at radius 1 is 0.418 bits per heavy atom. The minimum absolute atomic E-state index is 0.00639. The highest BCUT2D eigenvalue weighted by molar-refractivity contribution is 6.08. The minimum atomic E-state index is -1.80. The molecule has 4 N–H and O–H groups in total. The Balaban J connectivity index is 0.619. The molecule has 2 aliphatic heterocycles. The third-order valence-electron chi connectivity index (χ3n) is 19.1. The topological polar surface area (TPSA) is 407 Å². The number of aromatic nitrogens is 1. The van der Waals surface area contributed by atoms with Gasteiger partial charge >= 0.3 is 5.97 Å². The molecule has 0 radical (unpaired) electrons. The van der Waals surface area contributed by atoms with Gasteiger partial charge in [0.05, 0.1) is 354 Å². The molecule has 1 aromatic heterocycles. The summed E-state index contributed by atoms with van der Waals surface area (Å²) < 4.78 is 196. The van der Waals surface area contributed by atoms with Gasteiger partial charge in [-0.15, -0.1) is 0 Å². The first-order valence-electron chi connectivity index (χ1n) is 46.5. The van der Waals surface area contributed by atoms with Crippen LogP contribution in [0.5, 0.6) is 5.75 Å². The molecule has 0 aliphatic carbocycles. The summed E-state index contributed by atoms with van der Waals surface area (Å²) in [7, 11) is 0. The summed E-state index contributed by atoms with van der Waals surface area (Å²) in [5.74, 6) is -8.91. The molecule has 0 spiro atoms. The summed E-state index contributed by atoms with van der Waals surface area (Å²) in [5.41, 5.74) is 9.00. The van der Waals surface area contributed by atoms with Crippen molar-refractivity contribution >= 4 is 58.6 Å². The number of anilines is 2. The molecule has 0 bridgehead atoms. The van der Waals surface area contributed by atoms with Crippen LogP contribution in [0, 0.1) is 29.2 Å². The molecular weight excluding hydrogens is 1780 g/mol. The second-order valence-corrected chi connectivity index (χ2v) is 29.6. The number of piperidine rings is 1. The van der Waals surface area contributed by atoms with Crippen molar-refractivity contribution in [3.63, 3.8) is 0 Å². The number of ether oxygens (including phenoxy) is 26. The fourth-order valence-electron chi connectivity index (χ4n) is 12.2. The maximum atomic E-state index is 13.6. The van der Waals surface area contributed by atoms with Gasteiger partial charge < -0.3 is 149 Å². The van der Waals surface area contributed by atoms with Gasteiger partial charge in [0.25, 0.3) is 5.91 Å². The molecule has 3 heterocycles. The number of hydrogen-bond acceptors (Lipinski definition) is 35. The van der Waals surface area contributed by atoms with Gasteiger partial charge in [-0.3, -0.25) is 24.0 Å². The fraction of sp³-hybridized carbons (Fsp3) is 0.728. The molecule has 0 atom stereocenters.